The SMILES string of the molecule is CCC(N)Cc1ccc(SCc2ccccc2)cc1Br. The van der Waals surface area contributed by atoms with E-state index in [1.807, 2.05) is 11.8 Å². The Bertz CT molecular complexity index is 542. The van der Waals surface area contributed by atoms with Gasteiger partial charge in [-0.3, -0.25) is 0 Å². The Kier molecular flexibility index (Phi) is 6.14. The average molecular weight is 350 g/mol. The summed E-state index contributed by atoms with van der Waals surface area (Å²) in [5, 5.41) is 0. The van der Waals surface area contributed by atoms with E-state index in [9.17, 15) is 0 Å². The van der Waals surface area contributed by atoms with Crippen LogP contribution in [0.3, 0.4) is 0 Å². The number of halogens is 1. The van der Waals surface area contributed by atoms with Crippen LogP contribution in [-0.2, 0) is 12.2 Å². The smallest absolute Gasteiger partial charge is 0.0231 e. The van der Waals surface area contributed by atoms with Crippen molar-refractivity contribution < 1.29 is 0 Å². The molecule has 0 spiro atoms. The lowest BCUT2D eigenvalue weighted by Gasteiger charge is -2.11. The van der Waals surface area contributed by atoms with Crippen LogP contribution in [0.15, 0.2) is 57.9 Å². The highest BCUT2D eigenvalue weighted by Gasteiger charge is 2.06. The minimum atomic E-state index is 0.245. The monoisotopic (exact) mass is 349 g/mol. The first-order chi connectivity index (χ1) is 9.69. The Hall–Kier alpha value is -0.770. The highest BCUT2D eigenvalue weighted by Crippen LogP contribution is 2.28. The number of nitrogens with two attached hydrogens (primary N) is 1. The molecule has 1 unspecified atom stereocenters. The predicted molar refractivity (Wildman–Crippen MR) is 92.1 cm³/mol. The van der Waals surface area contributed by atoms with Gasteiger partial charge in [-0.05, 0) is 36.1 Å². The van der Waals surface area contributed by atoms with Crippen LogP contribution in [0.4, 0.5) is 0 Å². The third-order valence-electron chi connectivity index (χ3n) is 3.28. The molecule has 0 amide bonds. The zero-order valence-electron chi connectivity index (χ0n) is 11.7. The van der Waals surface area contributed by atoms with E-state index in [-0.39, 0.29) is 6.04 Å². The summed E-state index contributed by atoms with van der Waals surface area (Å²) >= 11 is 5.52. The molecule has 0 aliphatic carbocycles. The molecule has 0 saturated carbocycles. The van der Waals surface area contributed by atoms with Gasteiger partial charge >= 0.3 is 0 Å². The summed E-state index contributed by atoms with van der Waals surface area (Å²) in [5.41, 5.74) is 8.67. The summed E-state index contributed by atoms with van der Waals surface area (Å²) in [7, 11) is 0. The molecule has 2 aromatic carbocycles. The molecular formula is C17H20BrNS. The standard InChI is InChI=1S/C17H20BrNS/c1-2-15(19)10-14-8-9-16(11-17(14)18)20-12-13-6-4-3-5-7-13/h3-9,11,15H,2,10,12,19H2,1H3. The zero-order chi connectivity index (χ0) is 14.4. The lowest BCUT2D eigenvalue weighted by atomic mass is 10.1. The molecule has 0 fully saturated rings. The Labute approximate surface area is 134 Å². The first-order valence-electron chi connectivity index (χ1n) is 6.89. The fourth-order valence-electron chi connectivity index (χ4n) is 1.95. The molecule has 2 N–H and O–H groups in total. The summed E-state index contributed by atoms with van der Waals surface area (Å²) in [4.78, 5) is 1.29. The van der Waals surface area contributed by atoms with Crippen molar-refractivity contribution in [2.24, 2.45) is 5.73 Å². The molecular weight excluding hydrogens is 330 g/mol. The Morgan fingerprint density at radius 2 is 1.90 bits per heavy atom. The molecule has 1 atom stereocenters. The molecule has 0 aliphatic rings. The van der Waals surface area contributed by atoms with E-state index in [1.165, 1.54) is 20.5 Å². The van der Waals surface area contributed by atoms with Crippen molar-refractivity contribution in [3.63, 3.8) is 0 Å². The van der Waals surface area contributed by atoms with E-state index in [0.717, 1.165) is 18.6 Å². The molecule has 0 bridgehead atoms. The molecule has 1 nitrogen and oxygen atoms in total. The van der Waals surface area contributed by atoms with Gasteiger partial charge in [0.05, 0.1) is 0 Å². The van der Waals surface area contributed by atoms with Gasteiger partial charge in [0.15, 0.2) is 0 Å². The van der Waals surface area contributed by atoms with E-state index in [1.54, 1.807) is 0 Å². The largest absolute Gasteiger partial charge is 0.327 e. The third kappa shape index (κ3) is 4.65. The van der Waals surface area contributed by atoms with Gasteiger partial charge in [0, 0.05) is 21.2 Å². The van der Waals surface area contributed by atoms with Crippen LogP contribution in [0.1, 0.15) is 24.5 Å². The highest BCUT2D eigenvalue weighted by atomic mass is 79.9. The molecule has 106 valence electrons. The van der Waals surface area contributed by atoms with Gasteiger partial charge in [-0.1, -0.05) is 59.3 Å². The van der Waals surface area contributed by atoms with Crippen molar-refractivity contribution in [1.29, 1.82) is 0 Å². The van der Waals surface area contributed by atoms with Crippen molar-refractivity contribution in [3.05, 3.63) is 64.1 Å². The van der Waals surface area contributed by atoms with E-state index in [0.29, 0.717) is 0 Å². The maximum absolute atomic E-state index is 6.02. The van der Waals surface area contributed by atoms with E-state index >= 15 is 0 Å². The van der Waals surface area contributed by atoms with Crippen LogP contribution in [0, 0.1) is 0 Å². The molecule has 3 heteroatoms. The van der Waals surface area contributed by atoms with E-state index in [4.69, 9.17) is 5.73 Å². The average Bonchev–Trinajstić information content (AvgIpc) is 2.48. The molecule has 0 aromatic heterocycles. The fraction of sp³-hybridized carbons (Fsp3) is 0.294. The van der Waals surface area contributed by atoms with Crippen LogP contribution < -0.4 is 5.73 Å². The second-order valence-corrected chi connectivity index (χ2v) is 6.80. The van der Waals surface area contributed by atoms with Gasteiger partial charge in [-0.25, -0.2) is 0 Å². The van der Waals surface area contributed by atoms with Gasteiger partial charge in [0.25, 0.3) is 0 Å². The van der Waals surface area contributed by atoms with Crippen molar-refractivity contribution in [2.75, 3.05) is 0 Å². The summed E-state index contributed by atoms with van der Waals surface area (Å²) < 4.78 is 1.17. The Balaban J connectivity index is 1.98. The number of hydrogen-bond acceptors (Lipinski definition) is 2. The molecule has 0 saturated heterocycles. The van der Waals surface area contributed by atoms with Crippen molar-refractivity contribution in [3.8, 4) is 0 Å². The molecule has 2 aromatic rings. The van der Waals surface area contributed by atoms with Gasteiger partial charge < -0.3 is 5.73 Å². The second-order valence-electron chi connectivity index (χ2n) is 4.90. The molecule has 20 heavy (non-hydrogen) atoms. The summed E-state index contributed by atoms with van der Waals surface area (Å²) in [5.74, 6) is 1.00. The lowest BCUT2D eigenvalue weighted by molar-refractivity contribution is 0.645. The van der Waals surface area contributed by atoms with Crippen LogP contribution in [0.25, 0.3) is 0 Å². The number of benzene rings is 2. The first-order valence-corrected chi connectivity index (χ1v) is 8.67. The highest BCUT2D eigenvalue weighted by molar-refractivity contribution is 9.10. The van der Waals surface area contributed by atoms with Gasteiger partial charge in [0.1, 0.15) is 0 Å². The Morgan fingerprint density at radius 1 is 1.15 bits per heavy atom. The van der Waals surface area contributed by atoms with Crippen LogP contribution in [-0.4, -0.2) is 6.04 Å². The summed E-state index contributed by atoms with van der Waals surface area (Å²) in [6.45, 7) is 2.13. The summed E-state index contributed by atoms with van der Waals surface area (Å²) in [6.07, 6.45) is 1.94. The van der Waals surface area contributed by atoms with Crippen LogP contribution in [0.5, 0.6) is 0 Å². The van der Waals surface area contributed by atoms with Gasteiger partial charge in [-0.15, -0.1) is 11.8 Å². The minimum absolute atomic E-state index is 0.245. The van der Waals surface area contributed by atoms with Crippen LogP contribution in [0.2, 0.25) is 0 Å². The van der Waals surface area contributed by atoms with E-state index < -0.39 is 0 Å². The van der Waals surface area contributed by atoms with Gasteiger partial charge in [0.2, 0.25) is 0 Å². The van der Waals surface area contributed by atoms with Crippen molar-refractivity contribution in [1.82, 2.24) is 0 Å². The maximum atomic E-state index is 6.02. The first kappa shape index (κ1) is 15.6. The lowest BCUT2D eigenvalue weighted by Crippen LogP contribution is -2.21. The minimum Gasteiger partial charge on any atom is -0.327 e. The van der Waals surface area contributed by atoms with Crippen LogP contribution >= 0.6 is 27.7 Å². The number of rotatable bonds is 6. The second kappa shape index (κ2) is 7.87. The van der Waals surface area contributed by atoms with E-state index in [2.05, 4.69) is 71.4 Å². The number of thioether (sulfide) groups is 1. The summed E-state index contributed by atoms with van der Waals surface area (Å²) in [6, 6.07) is 17.4. The maximum Gasteiger partial charge on any atom is 0.0231 e. The molecule has 2 rings (SSSR count). The molecule has 0 heterocycles. The third-order valence-corrected chi connectivity index (χ3v) is 5.08. The van der Waals surface area contributed by atoms with Gasteiger partial charge in [-0.2, -0.15) is 0 Å². The molecule has 0 radical (unpaired) electrons. The number of hydrogen-bond donors (Lipinski definition) is 1. The normalized spacial score (nSPS) is 12.3. The zero-order valence-corrected chi connectivity index (χ0v) is 14.1. The van der Waals surface area contributed by atoms with Crippen molar-refractivity contribution >= 4 is 27.7 Å². The molecule has 0 aliphatic heterocycles. The fourth-order valence-corrected chi connectivity index (χ4v) is 3.53. The van der Waals surface area contributed by atoms with Crippen molar-refractivity contribution in [2.45, 2.75) is 36.5 Å². The quantitative estimate of drug-likeness (QED) is 0.740. The Morgan fingerprint density at radius 3 is 2.55 bits per heavy atom. The predicted octanol–water partition coefficient (Wildman–Crippen LogP) is 5.02. The topological polar surface area (TPSA) is 26.0 Å².